The van der Waals surface area contributed by atoms with Crippen molar-refractivity contribution in [3.05, 3.63) is 0 Å². The summed E-state index contributed by atoms with van der Waals surface area (Å²) in [6.07, 6.45) is 3.95. The summed E-state index contributed by atoms with van der Waals surface area (Å²) < 4.78 is 16.6. The largest absolute Gasteiger partial charge is 0.378 e. The van der Waals surface area contributed by atoms with E-state index in [1.807, 2.05) is 13.8 Å². The Balaban J connectivity index is 1.75. The lowest BCUT2D eigenvalue weighted by atomic mass is 9.89. The molecule has 0 aromatic carbocycles. The Labute approximate surface area is 115 Å². The molecule has 1 saturated heterocycles. The summed E-state index contributed by atoms with van der Waals surface area (Å²) in [6, 6.07) is 0.235. The minimum Gasteiger partial charge on any atom is -0.378 e. The number of nitrogens with one attached hydrogen (secondary N) is 1. The minimum absolute atomic E-state index is 0.0565. The van der Waals surface area contributed by atoms with Gasteiger partial charge in [0.05, 0.1) is 25.2 Å². The van der Waals surface area contributed by atoms with Gasteiger partial charge in [-0.05, 0) is 26.7 Å². The normalized spacial score (nSPS) is 23.7. The van der Waals surface area contributed by atoms with Crippen molar-refractivity contribution in [1.29, 1.82) is 0 Å². The predicted octanol–water partition coefficient (Wildman–Crippen LogP) is 1.60. The number of hydrogen-bond acceptors (Lipinski definition) is 4. The summed E-state index contributed by atoms with van der Waals surface area (Å²) in [6.45, 7) is 5.23. The number of amides is 1. The molecular weight excluding hydrogens is 246 g/mol. The maximum Gasteiger partial charge on any atom is 0.223 e. The molecule has 1 heterocycles. The quantitative estimate of drug-likeness (QED) is 0.844. The molecule has 0 atom stereocenters. The molecule has 110 valence electrons. The Morgan fingerprint density at radius 1 is 1.32 bits per heavy atom. The maximum absolute atomic E-state index is 11.9. The minimum atomic E-state index is -0.405. The average molecular weight is 271 g/mol. The number of rotatable bonds is 4. The highest BCUT2D eigenvalue weighted by molar-refractivity contribution is 5.77. The zero-order valence-corrected chi connectivity index (χ0v) is 12.2. The van der Waals surface area contributed by atoms with E-state index >= 15 is 0 Å². The summed E-state index contributed by atoms with van der Waals surface area (Å²) in [4.78, 5) is 11.9. The van der Waals surface area contributed by atoms with Crippen LogP contribution in [0.3, 0.4) is 0 Å². The number of ether oxygens (including phenoxy) is 3. The monoisotopic (exact) mass is 271 g/mol. The van der Waals surface area contributed by atoms with E-state index in [4.69, 9.17) is 14.2 Å². The lowest BCUT2D eigenvalue weighted by Gasteiger charge is -2.36. The molecule has 2 rings (SSSR count). The van der Waals surface area contributed by atoms with Gasteiger partial charge in [0.1, 0.15) is 0 Å². The van der Waals surface area contributed by atoms with E-state index in [1.54, 1.807) is 7.11 Å². The lowest BCUT2D eigenvalue weighted by Crippen LogP contribution is -2.45. The van der Waals surface area contributed by atoms with E-state index in [0.717, 1.165) is 25.7 Å². The van der Waals surface area contributed by atoms with Crippen molar-refractivity contribution in [2.75, 3.05) is 20.3 Å². The van der Waals surface area contributed by atoms with Crippen molar-refractivity contribution in [2.24, 2.45) is 0 Å². The molecule has 0 aromatic heterocycles. The van der Waals surface area contributed by atoms with Gasteiger partial charge in [0.25, 0.3) is 0 Å². The molecule has 0 aromatic rings. The highest BCUT2D eigenvalue weighted by Gasteiger charge is 2.40. The topological polar surface area (TPSA) is 56.8 Å². The molecule has 1 aliphatic carbocycles. The Bertz CT molecular complexity index is 313. The summed E-state index contributed by atoms with van der Waals surface area (Å²) >= 11 is 0. The SMILES string of the molecule is COC(C)(C)CC(=O)NC1CCC2(CC1)OCCO2. The van der Waals surface area contributed by atoms with E-state index in [-0.39, 0.29) is 17.7 Å². The maximum atomic E-state index is 11.9. The third-order valence-electron chi connectivity index (χ3n) is 4.06. The van der Waals surface area contributed by atoms with Crippen LogP contribution >= 0.6 is 0 Å². The van der Waals surface area contributed by atoms with Crippen LogP contribution < -0.4 is 5.32 Å². The zero-order valence-electron chi connectivity index (χ0n) is 12.2. The molecule has 1 saturated carbocycles. The first-order chi connectivity index (χ1) is 8.95. The lowest BCUT2D eigenvalue weighted by molar-refractivity contribution is -0.180. The molecule has 1 spiro atoms. The molecule has 5 nitrogen and oxygen atoms in total. The van der Waals surface area contributed by atoms with Crippen LogP contribution in [-0.2, 0) is 19.0 Å². The second-order valence-electron chi connectivity index (χ2n) is 6.09. The van der Waals surface area contributed by atoms with E-state index in [0.29, 0.717) is 19.6 Å². The van der Waals surface area contributed by atoms with Crippen molar-refractivity contribution < 1.29 is 19.0 Å². The number of methoxy groups -OCH3 is 1. The number of hydrogen-bond donors (Lipinski definition) is 1. The fourth-order valence-electron chi connectivity index (χ4n) is 2.73. The molecule has 0 bridgehead atoms. The van der Waals surface area contributed by atoms with E-state index in [2.05, 4.69) is 5.32 Å². The number of carbonyl (C=O) groups excluding carboxylic acids is 1. The smallest absolute Gasteiger partial charge is 0.223 e. The molecule has 1 amide bonds. The van der Waals surface area contributed by atoms with Crippen LogP contribution in [0.1, 0.15) is 46.0 Å². The number of carbonyl (C=O) groups is 1. The van der Waals surface area contributed by atoms with E-state index < -0.39 is 5.60 Å². The van der Waals surface area contributed by atoms with E-state index in [1.165, 1.54) is 0 Å². The second kappa shape index (κ2) is 5.77. The van der Waals surface area contributed by atoms with Crippen LogP contribution in [0.15, 0.2) is 0 Å². The standard InChI is InChI=1S/C14H25NO4/c1-13(2,17-3)10-12(16)15-11-4-6-14(7-5-11)18-8-9-19-14/h11H,4-10H2,1-3H3,(H,15,16). The molecule has 19 heavy (non-hydrogen) atoms. The van der Waals surface area contributed by atoms with Gasteiger partial charge >= 0.3 is 0 Å². The first kappa shape index (κ1) is 14.8. The fraction of sp³-hybridized carbons (Fsp3) is 0.929. The highest BCUT2D eigenvalue weighted by atomic mass is 16.7. The molecule has 0 radical (unpaired) electrons. The van der Waals surface area contributed by atoms with Gasteiger partial charge in [0, 0.05) is 26.0 Å². The Morgan fingerprint density at radius 3 is 2.42 bits per heavy atom. The summed E-state index contributed by atoms with van der Waals surface area (Å²) in [7, 11) is 1.63. The van der Waals surface area contributed by atoms with Gasteiger partial charge < -0.3 is 19.5 Å². The molecule has 2 aliphatic rings. The third-order valence-corrected chi connectivity index (χ3v) is 4.06. The van der Waals surface area contributed by atoms with Crippen molar-refractivity contribution >= 4 is 5.91 Å². The molecular formula is C14H25NO4. The molecule has 1 N–H and O–H groups in total. The van der Waals surface area contributed by atoms with Crippen LogP contribution in [0.5, 0.6) is 0 Å². The predicted molar refractivity (Wildman–Crippen MR) is 70.7 cm³/mol. The molecule has 5 heteroatoms. The van der Waals surface area contributed by atoms with E-state index in [9.17, 15) is 4.79 Å². The third kappa shape index (κ3) is 3.91. The molecule has 0 unspecified atom stereocenters. The van der Waals surface area contributed by atoms with Crippen molar-refractivity contribution in [2.45, 2.75) is 63.4 Å². The van der Waals surface area contributed by atoms with Crippen molar-refractivity contribution in [1.82, 2.24) is 5.32 Å². The van der Waals surface area contributed by atoms with Crippen LogP contribution in [0.2, 0.25) is 0 Å². The van der Waals surface area contributed by atoms with Crippen molar-refractivity contribution in [3.8, 4) is 0 Å². The van der Waals surface area contributed by atoms with Gasteiger partial charge in [0.2, 0.25) is 5.91 Å². The van der Waals surface area contributed by atoms with Gasteiger partial charge in [-0.2, -0.15) is 0 Å². The summed E-state index contributed by atoms with van der Waals surface area (Å²) in [5.74, 6) is -0.298. The first-order valence-electron chi connectivity index (χ1n) is 7.07. The summed E-state index contributed by atoms with van der Waals surface area (Å²) in [5.41, 5.74) is -0.405. The first-order valence-corrected chi connectivity index (χ1v) is 7.07. The van der Waals surface area contributed by atoms with Crippen LogP contribution in [0, 0.1) is 0 Å². The second-order valence-corrected chi connectivity index (χ2v) is 6.09. The van der Waals surface area contributed by atoms with Crippen LogP contribution in [0.4, 0.5) is 0 Å². The Morgan fingerprint density at radius 2 is 1.89 bits per heavy atom. The molecule has 2 fully saturated rings. The average Bonchev–Trinajstić information content (AvgIpc) is 2.80. The van der Waals surface area contributed by atoms with Gasteiger partial charge in [-0.3, -0.25) is 4.79 Å². The van der Waals surface area contributed by atoms with Crippen molar-refractivity contribution in [3.63, 3.8) is 0 Å². The van der Waals surface area contributed by atoms with Gasteiger partial charge in [-0.25, -0.2) is 0 Å². The zero-order chi connectivity index (χ0) is 13.9. The molecule has 1 aliphatic heterocycles. The summed E-state index contributed by atoms with van der Waals surface area (Å²) in [5, 5.41) is 3.09. The highest BCUT2D eigenvalue weighted by Crippen LogP contribution is 2.35. The Hall–Kier alpha value is -0.650. The Kier molecular flexibility index (Phi) is 4.48. The van der Waals surface area contributed by atoms with Crippen LogP contribution in [-0.4, -0.2) is 43.7 Å². The van der Waals surface area contributed by atoms with Crippen LogP contribution in [0.25, 0.3) is 0 Å². The van der Waals surface area contributed by atoms with Gasteiger partial charge in [-0.15, -0.1) is 0 Å². The fourth-order valence-corrected chi connectivity index (χ4v) is 2.73. The van der Waals surface area contributed by atoms with Gasteiger partial charge in [-0.1, -0.05) is 0 Å². The van der Waals surface area contributed by atoms with Gasteiger partial charge in [0.15, 0.2) is 5.79 Å².